The van der Waals surface area contributed by atoms with Gasteiger partial charge >= 0.3 is 0 Å². The summed E-state index contributed by atoms with van der Waals surface area (Å²) in [7, 11) is -3.78. The first-order valence-corrected chi connectivity index (χ1v) is 9.89. The molecule has 0 bridgehead atoms. The number of hydrogen-bond donors (Lipinski definition) is 3. The number of rotatable bonds is 7. The van der Waals surface area contributed by atoms with Gasteiger partial charge in [0.15, 0.2) is 0 Å². The average molecular weight is 412 g/mol. The maximum absolute atomic E-state index is 12.6. The molecular weight excluding hydrogens is 386 g/mol. The molecule has 0 aliphatic carbocycles. The molecule has 1 atom stereocenters. The van der Waals surface area contributed by atoms with Crippen molar-refractivity contribution in [2.24, 2.45) is 11.7 Å². The molecule has 27 heavy (non-hydrogen) atoms. The molecule has 8 heteroatoms. The number of hydrogen-bond acceptors (Lipinski definition) is 4. The van der Waals surface area contributed by atoms with Crippen molar-refractivity contribution >= 4 is 34.0 Å². The SMILES string of the molecule is Cc1ccc(NS(=O)(=O)c2ccc(C)c(C(=O)NCC(C)CN)c2)cc1.Cl. The highest BCUT2D eigenvalue weighted by Gasteiger charge is 2.18. The van der Waals surface area contributed by atoms with E-state index in [4.69, 9.17) is 5.73 Å². The molecule has 2 aromatic carbocycles. The maximum atomic E-state index is 12.6. The number of benzene rings is 2. The van der Waals surface area contributed by atoms with E-state index >= 15 is 0 Å². The standard InChI is InChI=1S/C19H25N3O3S.ClH/c1-13-4-7-16(8-5-13)22-26(24,25)17-9-6-15(3)18(10-17)19(23)21-12-14(2)11-20;/h4-10,14,22H,11-12,20H2,1-3H3,(H,21,23);1H. The van der Waals surface area contributed by atoms with E-state index in [9.17, 15) is 13.2 Å². The zero-order valence-electron chi connectivity index (χ0n) is 15.7. The van der Waals surface area contributed by atoms with Crippen LogP contribution in [0.1, 0.15) is 28.4 Å². The highest BCUT2D eigenvalue weighted by Crippen LogP contribution is 2.19. The summed E-state index contributed by atoms with van der Waals surface area (Å²) in [6.07, 6.45) is 0. The molecule has 4 N–H and O–H groups in total. The number of anilines is 1. The summed E-state index contributed by atoms with van der Waals surface area (Å²) < 4.78 is 27.8. The second-order valence-corrected chi connectivity index (χ2v) is 8.18. The highest BCUT2D eigenvalue weighted by molar-refractivity contribution is 7.92. The van der Waals surface area contributed by atoms with Crippen LogP contribution in [0.15, 0.2) is 47.4 Å². The third kappa shape index (κ3) is 6.23. The van der Waals surface area contributed by atoms with Gasteiger partial charge in [-0.15, -0.1) is 12.4 Å². The normalized spacial score (nSPS) is 12.0. The zero-order valence-corrected chi connectivity index (χ0v) is 17.3. The van der Waals surface area contributed by atoms with Gasteiger partial charge in [-0.25, -0.2) is 8.42 Å². The van der Waals surface area contributed by atoms with E-state index in [1.165, 1.54) is 12.1 Å². The second kappa shape index (κ2) is 9.73. The Bertz CT molecular complexity index is 884. The number of nitrogens with two attached hydrogens (primary N) is 1. The van der Waals surface area contributed by atoms with Crippen LogP contribution in [0.5, 0.6) is 0 Å². The van der Waals surface area contributed by atoms with Crippen LogP contribution in [0.2, 0.25) is 0 Å². The van der Waals surface area contributed by atoms with Crippen LogP contribution in [0.4, 0.5) is 5.69 Å². The van der Waals surface area contributed by atoms with Crippen molar-refractivity contribution in [1.29, 1.82) is 0 Å². The Morgan fingerprint density at radius 1 is 1.11 bits per heavy atom. The van der Waals surface area contributed by atoms with Crippen molar-refractivity contribution in [1.82, 2.24) is 5.32 Å². The molecule has 6 nitrogen and oxygen atoms in total. The third-order valence-corrected chi connectivity index (χ3v) is 5.46. The van der Waals surface area contributed by atoms with Crippen LogP contribution < -0.4 is 15.8 Å². The number of carbonyl (C=O) groups excluding carboxylic acids is 1. The molecule has 0 aliphatic heterocycles. The smallest absolute Gasteiger partial charge is 0.261 e. The summed E-state index contributed by atoms with van der Waals surface area (Å²) in [4.78, 5) is 12.4. The summed E-state index contributed by atoms with van der Waals surface area (Å²) in [5.74, 6) is -0.162. The van der Waals surface area contributed by atoms with Crippen LogP contribution in [0.3, 0.4) is 0 Å². The minimum absolute atomic E-state index is 0. The fourth-order valence-electron chi connectivity index (χ4n) is 2.29. The van der Waals surface area contributed by atoms with Crippen molar-refractivity contribution in [2.75, 3.05) is 17.8 Å². The minimum Gasteiger partial charge on any atom is -0.352 e. The van der Waals surface area contributed by atoms with Crippen LogP contribution in [-0.4, -0.2) is 27.4 Å². The molecule has 0 saturated carbocycles. The quantitative estimate of drug-likeness (QED) is 0.651. The van der Waals surface area contributed by atoms with E-state index in [1.807, 2.05) is 26.0 Å². The Labute approximate surface area is 167 Å². The number of amides is 1. The number of nitrogens with one attached hydrogen (secondary N) is 2. The van der Waals surface area contributed by atoms with Gasteiger partial charge in [-0.05, 0) is 56.1 Å². The number of aryl methyl sites for hydroxylation is 2. The molecule has 0 spiro atoms. The van der Waals surface area contributed by atoms with Gasteiger partial charge in [0.05, 0.1) is 4.90 Å². The monoisotopic (exact) mass is 411 g/mol. The van der Waals surface area contributed by atoms with E-state index < -0.39 is 10.0 Å². The summed E-state index contributed by atoms with van der Waals surface area (Å²) in [6, 6.07) is 11.6. The molecule has 148 valence electrons. The molecule has 0 radical (unpaired) electrons. The van der Waals surface area contributed by atoms with Gasteiger partial charge in [0, 0.05) is 17.8 Å². The zero-order chi connectivity index (χ0) is 19.3. The van der Waals surface area contributed by atoms with Crippen molar-refractivity contribution in [3.8, 4) is 0 Å². The molecule has 2 rings (SSSR count). The highest BCUT2D eigenvalue weighted by atomic mass is 35.5. The first kappa shape index (κ1) is 23.0. The second-order valence-electron chi connectivity index (χ2n) is 6.50. The lowest BCUT2D eigenvalue weighted by Gasteiger charge is -2.13. The van der Waals surface area contributed by atoms with E-state index in [0.717, 1.165) is 5.56 Å². The molecule has 0 aromatic heterocycles. The molecule has 1 unspecified atom stereocenters. The molecule has 0 fully saturated rings. The first-order chi connectivity index (χ1) is 12.2. The minimum atomic E-state index is -3.78. The largest absolute Gasteiger partial charge is 0.352 e. The van der Waals surface area contributed by atoms with Gasteiger partial charge < -0.3 is 11.1 Å². The lowest BCUT2D eigenvalue weighted by Crippen LogP contribution is -2.31. The lowest BCUT2D eigenvalue weighted by molar-refractivity contribution is 0.0947. The van der Waals surface area contributed by atoms with Crippen molar-refractivity contribution in [3.63, 3.8) is 0 Å². The first-order valence-electron chi connectivity index (χ1n) is 8.41. The predicted molar refractivity (Wildman–Crippen MR) is 111 cm³/mol. The van der Waals surface area contributed by atoms with Crippen molar-refractivity contribution in [2.45, 2.75) is 25.7 Å². The van der Waals surface area contributed by atoms with Gasteiger partial charge in [-0.2, -0.15) is 0 Å². The summed E-state index contributed by atoms with van der Waals surface area (Å²) in [5.41, 5.74) is 8.10. The lowest BCUT2D eigenvalue weighted by atomic mass is 10.1. The molecular formula is C19H26ClN3O3S. The third-order valence-electron chi connectivity index (χ3n) is 4.08. The fourth-order valence-corrected chi connectivity index (χ4v) is 3.38. The molecule has 0 aliphatic rings. The van der Waals surface area contributed by atoms with Crippen LogP contribution >= 0.6 is 12.4 Å². The van der Waals surface area contributed by atoms with Crippen LogP contribution in [0, 0.1) is 19.8 Å². The Balaban J connectivity index is 0.00000364. The van der Waals surface area contributed by atoms with Crippen LogP contribution in [0.25, 0.3) is 0 Å². The number of sulfonamides is 1. The summed E-state index contributed by atoms with van der Waals surface area (Å²) >= 11 is 0. The molecule has 2 aromatic rings. The Morgan fingerprint density at radius 2 is 1.74 bits per heavy atom. The van der Waals surface area contributed by atoms with Gasteiger partial charge in [0.1, 0.15) is 0 Å². The van der Waals surface area contributed by atoms with Gasteiger partial charge in [-0.3, -0.25) is 9.52 Å². The number of halogens is 1. The van der Waals surface area contributed by atoms with Gasteiger partial charge in [-0.1, -0.05) is 30.7 Å². The van der Waals surface area contributed by atoms with Crippen molar-refractivity contribution in [3.05, 3.63) is 59.2 Å². The van der Waals surface area contributed by atoms with E-state index in [2.05, 4.69) is 10.0 Å². The molecule has 0 heterocycles. The Kier molecular flexibility index (Phi) is 8.27. The fraction of sp³-hybridized carbons (Fsp3) is 0.316. The number of carbonyl (C=O) groups is 1. The van der Waals surface area contributed by atoms with Crippen molar-refractivity contribution < 1.29 is 13.2 Å². The topological polar surface area (TPSA) is 101 Å². The maximum Gasteiger partial charge on any atom is 0.261 e. The van der Waals surface area contributed by atoms with E-state index in [-0.39, 0.29) is 29.1 Å². The average Bonchev–Trinajstić information content (AvgIpc) is 2.61. The summed E-state index contributed by atoms with van der Waals surface area (Å²) in [5, 5.41) is 2.79. The van der Waals surface area contributed by atoms with E-state index in [0.29, 0.717) is 29.9 Å². The summed E-state index contributed by atoms with van der Waals surface area (Å²) in [6.45, 7) is 6.53. The molecule has 0 saturated heterocycles. The molecule has 1 amide bonds. The Hall–Kier alpha value is -2.09. The van der Waals surface area contributed by atoms with E-state index in [1.54, 1.807) is 25.1 Å². The van der Waals surface area contributed by atoms with Gasteiger partial charge in [0.25, 0.3) is 15.9 Å². The Morgan fingerprint density at radius 3 is 2.33 bits per heavy atom. The predicted octanol–water partition coefficient (Wildman–Crippen LogP) is 2.85. The van der Waals surface area contributed by atoms with Crippen LogP contribution in [-0.2, 0) is 10.0 Å². The van der Waals surface area contributed by atoms with Gasteiger partial charge in [0.2, 0.25) is 0 Å².